The zero-order chi connectivity index (χ0) is 12.7. The van der Waals surface area contributed by atoms with Gasteiger partial charge in [-0.05, 0) is 17.7 Å². The molecule has 8 heteroatoms. The molecule has 0 atom stereocenters. The molecule has 0 bridgehead atoms. The Balaban J connectivity index is 0. The monoisotopic (exact) mass is 290 g/mol. The number of hydrogen-bond acceptors (Lipinski definition) is 4. The second-order valence-corrected chi connectivity index (χ2v) is 2.93. The number of aromatic amines is 1. The van der Waals surface area contributed by atoms with Gasteiger partial charge in [0, 0.05) is 12.4 Å². The summed E-state index contributed by atoms with van der Waals surface area (Å²) in [5, 5.41) is 18.7. The van der Waals surface area contributed by atoms with E-state index in [-0.39, 0.29) is 68.0 Å². The quantitative estimate of drug-likeness (QED) is 0.549. The number of H-pyrrole nitrogens is 1. The zero-order valence-electron chi connectivity index (χ0n) is 10.2. The fraction of sp³-hybridized carbons (Fsp3) is 0. The molecule has 0 aliphatic carbocycles. The van der Waals surface area contributed by atoms with Crippen molar-refractivity contribution in [1.29, 1.82) is 0 Å². The third kappa shape index (κ3) is 7.88. The molecular formula is C11H11KN2O5. The van der Waals surface area contributed by atoms with Crippen LogP contribution in [0.25, 0.3) is 0 Å². The third-order valence-corrected chi connectivity index (χ3v) is 1.75. The number of rotatable bonds is 2. The molecule has 0 saturated heterocycles. The molecule has 1 heterocycles. The Labute approximate surface area is 151 Å². The molecule has 1 aromatic carbocycles. The van der Waals surface area contributed by atoms with E-state index in [2.05, 4.69) is 9.97 Å². The van der Waals surface area contributed by atoms with E-state index in [1.807, 2.05) is 0 Å². The van der Waals surface area contributed by atoms with Crippen LogP contribution in [-0.4, -0.2) is 32.5 Å². The zero-order valence-corrected chi connectivity index (χ0v) is 13.3. The molecular weight excluding hydrogens is 279 g/mol. The standard InChI is InChI=1S/C8H6O4.C3H4N2.K.H2O/c9-7(10)5-2-1-3-6(4-5)8(11)12;1-2-5-3-4-1;;/h1-4H,(H,9,10)(H,11,12);1-3H,(H,4,5);;1H2/q;;+1;/p-1. The molecule has 0 saturated carbocycles. The largest absolute Gasteiger partial charge is 1.00 e. The molecule has 0 amide bonds. The van der Waals surface area contributed by atoms with Crippen LogP contribution in [0.15, 0.2) is 43.0 Å². The van der Waals surface area contributed by atoms with Crippen LogP contribution in [0.2, 0.25) is 0 Å². The third-order valence-electron chi connectivity index (χ3n) is 1.75. The summed E-state index contributed by atoms with van der Waals surface area (Å²) in [6, 6.07) is 5.00. The maximum atomic E-state index is 10.4. The van der Waals surface area contributed by atoms with Crippen LogP contribution in [-0.2, 0) is 0 Å². The number of carbonyl (C=O) groups is 2. The molecule has 7 nitrogen and oxygen atoms in total. The molecule has 4 N–H and O–H groups in total. The van der Waals surface area contributed by atoms with Gasteiger partial charge in [-0.2, -0.15) is 0 Å². The minimum Gasteiger partial charge on any atom is -0.545 e. The van der Waals surface area contributed by atoms with Crippen molar-refractivity contribution in [2.24, 2.45) is 0 Å². The van der Waals surface area contributed by atoms with Crippen LogP contribution in [0.4, 0.5) is 0 Å². The first-order valence-corrected chi connectivity index (χ1v) is 4.58. The first-order chi connectivity index (χ1) is 8.11. The van der Waals surface area contributed by atoms with E-state index in [1.54, 1.807) is 18.7 Å². The minimum atomic E-state index is -1.38. The van der Waals surface area contributed by atoms with E-state index < -0.39 is 11.9 Å². The molecule has 0 unspecified atom stereocenters. The SMILES string of the molecule is O.O=C([O-])c1cccc(C(=O)O)c1.[K+].c1c[nH]cn1. The second kappa shape index (κ2) is 10.8. The fourth-order valence-electron chi connectivity index (χ4n) is 0.994. The van der Waals surface area contributed by atoms with Gasteiger partial charge in [0.2, 0.25) is 0 Å². The van der Waals surface area contributed by atoms with Gasteiger partial charge in [0.25, 0.3) is 0 Å². The van der Waals surface area contributed by atoms with Crippen LogP contribution in [0.1, 0.15) is 20.7 Å². The average molecular weight is 290 g/mol. The number of carboxylic acids is 2. The van der Waals surface area contributed by atoms with Gasteiger partial charge in [0.1, 0.15) is 0 Å². The molecule has 19 heavy (non-hydrogen) atoms. The van der Waals surface area contributed by atoms with Gasteiger partial charge in [-0.15, -0.1) is 0 Å². The number of aromatic carboxylic acids is 2. The Hall–Kier alpha value is -1.03. The average Bonchev–Trinajstić information content (AvgIpc) is 2.87. The molecule has 0 radical (unpaired) electrons. The van der Waals surface area contributed by atoms with E-state index >= 15 is 0 Å². The Morgan fingerprint density at radius 2 is 1.89 bits per heavy atom. The molecule has 0 aliphatic rings. The van der Waals surface area contributed by atoms with Gasteiger partial charge >= 0.3 is 57.4 Å². The predicted octanol–water partition coefficient (Wildman–Crippen LogP) is -3.66. The van der Waals surface area contributed by atoms with Crippen LogP contribution in [0.5, 0.6) is 0 Å². The first kappa shape index (κ1) is 20.3. The van der Waals surface area contributed by atoms with Gasteiger partial charge in [0.15, 0.2) is 0 Å². The first-order valence-electron chi connectivity index (χ1n) is 4.58. The van der Waals surface area contributed by atoms with Crippen LogP contribution in [0, 0.1) is 0 Å². The summed E-state index contributed by atoms with van der Waals surface area (Å²) in [5.41, 5.74) is -0.188. The number of carboxylic acid groups (broad SMARTS) is 2. The molecule has 0 fully saturated rings. The maximum absolute atomic E-state index is 10.4. The van der Waals surface area contributed by atoms with Gasteiger partial charge in [0.05, 0.1) is 17.9 Å². The van der Waals surface area contributed by atoms with Crippen molar-refractivity contribution in [3.05, 3.63) is 54.1 Å². The number of nitrogens with one attached hydrogen (secondary N) is 1. The molecule has 0 spiro atoms. The molecule has 2 aromatic rings. The van der Waals surface area contributed by atoms with Crippen molar-refractivity contribution in [2.45, 2.75) is 0 Å². The predicted molar refractivity (Wildman–Crippen MR) is 59.9 cm³/mol. The molecule has 0 aliphatic heterocycles. The van der Waals surface area contributed by atoms with Crippen molar-refractivity contribution in [3.8, 4) is 0 Å². The Morgan fingerprint density at radius 3 is 2.26 bits per heavy atom. The summed E-state index contributed by atoms with van der Waals surface area (Å²) in [6.45, 7) is 0. The van der Waals surface area contributed by atoms with Crippen molar-refractivity contribution in [2.75, 3.05) is 0 Å². The topological polar surface area (TPSA) is 138 Å². The second-order valence-electron chi connectivity index (χ2n) is 2.93. The summed E-state index contributed by atoms with van der Waals surface area (Å²) in [6.07, 6.45) is 5.08. The number of hydrogen-bond donors (Lipinski definition) is 2. The van der Waals surface area contributed by atoms with Crippen LogP contribution >= 0.6 is 0 Å². The fourth-order valence-corrected chi connectivity index (χ4v) is 0.994. The number of nitrogens with zero attached hydrogens (tertiary/aromatic N) is 1. The minimum absolute atomic E-state index is 0. The van der Waals surface area contributed by atoms with E-state index in [0.717, 1.165) is 6.07 Å². The molecule has 1 aromatic heterocycles. The van der Waals surface area contributed by atoms with Crippen LogP contribution in [0.3, 0.4) is 0 Å². The number of aromatic nitrogens is 2. The Bertz CT molecular complexity index is 455. The maximum Gasteiger partial charge on any atom is 1.00 e. The van der Waals surface area contributed by atoms with Crippen molar-refractivity contribution < 1.29 is 76.7 Å². The van der Waals surface area contributed by atoms with Gasteiger partial charge in [-0.25, -0.2) is 9.78 Å². The van der Waals surface area contributed by atoms with Gasteiger partial charge < -0.3 is 25.5 Å². The molecule has 2 rings (SSSR count). The Kier molecular flexibility index (Phi) is 11.6. The summed E-state index contributed by atoms with van der Waals surface area (Å²) in [4.78, 5) is 27.1. The van der Waals surface area contributed by atoms with Crippen molar-refractivity contribution in [3.63, 3.8) is 0 Å². The summed E-state index contributed by atoms with van der Waals surface area (Å²) < 4.78 is 0. The Morgan fingerprint density at radius 1 is 1.26 bits per heavy atom. The number of carbonyl (C=O) groups excluding carboxylic acids is 1. The van der Waals surface area contributed by atoms with Crippen molar-refractivity contribution >= 4 is 11.9 Å². The van der Waals surface area contributed by atoms with E-state index in [9.17, 15) is 14.7 Å². The number of imidazole rings is 1. The van der Waals surface area contributed by atoms with Gasteiger partial charge in [-0.3, -0.25) is 0 Å². The van der Waals surface area contributed by atoms with E-state index in [0.29, 0.717) is 0 Å². The van der Waals surface area contributed by atoms with Gasteiger partial charge in [-0.1, -0.05) is 12.1 Å². The van der Waals surface area contributed by atoms with Crippen LogP contribution < -0.4 is 56.5 Å². The van der Waals surface area contributed by atoms with E-state index in [4.69, 9.17) is 5.11 Å². The normalized spacial score (nSPS) is 8.00. The summed E-state index contributed by atoms with van der Waals surface area (Å²) >= 11 is 0. The number of benzene rings is 1. The smallest absolute Gasteiger partial charge is 0.545 e. The van der Waals surface area contributed by atoms with E-state index in [1.165, 1.54) is 18.2 Å². The molecule has 96 valence electrons. The summed E-state index contributed by atoms with van der Waals surface area (Å²) in [5.74, 6) is -2.53. The summed E-state index contributed by atoms with van der Waals surface area (Å²) in [7, 11) is 0. The van der Waals surface area contributed by atoms with Crippen molar-refractivity contribution in [1.82, 2.24) is 9.97 Å².